The summed E-state index contributed by atoms with van der Waals surface area (Å²) in [6.45, 7) is 3.91. The third-order valence-electron chi connectivity index (χ3n) is 23.6. The average Bonchev–Trinajstić information content (AvgIpc) is 1.73. The third-order valence-corrected chi connectivity index (χ3v) is 30.5. The van der Waals surface area contributed by atoms with Crippen molar-refractivity contribution in [1.82, 2.24) is 54.3 Å². The number of hydrogen-bond donors (Lipinski definition) is 5. The smallest absolute Gasteiger partial charge is 0.263 e. The van der Waals surface area contributed by atoms with Gasteiger partial charge in [-0.15, -0.1) is 0 Å². The topological polar surface area (TPSA) is 291 Å². The Bertz CT molecular complexity index is 5980. The number of carbonyl (C=O) groups is 3. The van der Waals surface area contributed by atoms with E-state index < -0.39 is 43.9 Å². The van der Waals surface area contributed by atoms with Crippen LogP contribution in [0, 0.1) is 0 Å². The van der Waals surface area contributed by atoms with Crippen molar-refractivity contribution < 1.29 is 31.2 Å². The predicted octanol–water partition coefficient (Wildman–Crippen LogP) is 16.7. The van der Waals surface area contributed by atoms with Crippen LogP contribution in [0.15, 0.2) is 160 Å². The molecule has 123 heavy (non-hydrogen) atoms. The lowest BCUT2D eigenvalue weighted by molar-refractivity contribution is 0.0978. The highest BCUT2D eigenvalue weighted by Gasteiger charge is 2.41. The van der Waals surface area contributed by atoms with Gasteiger partial charge in [0.05, 0.1) is 122 Å². The van der Waals surface area contributed by atoms with Crippen molar-refractivity contribution in [2.75, 3.05) is 148 Å². The number of amides is 3. The first kappa shape index (κ1) is 86.5. The first-order valence-corrected chi connectivity index (χ1v) is 48.7. The van der Waals surface area contributed by atoms with Crippen LogP contribution in [0.2, 0.25) is 30.1 Å². The van der Waals surface area contributed by atoms with Gasteiger partial charge in [-0.05, 0) is 184 Å². The van der Waals surface area contributed by atoms with Gasteiger partial charge in [0.1, 0.15) is 20.0 Å². The van der Waals surface area contributed by atoms with Gasteiger partial charge >= 0.3 is 0 Å². The number of fused-ring (bicyclic) bond motifs is 3. The molecule has 39 heteroatoms. The average molecular weight is 1880 g/mol. The number of hydrogen-bond acceptors (Lipinski definition) is 25. The van der Waals surface area contributed by atoms with E-state index in [0.29, 0.717) is 177 Å². The zero-order chi connectivity index (χ0) is 86.0. The van der Waals surface area contributed by atoms with Crippen molar-refractivity contribution in [2.24, 2.45) is 0 Å². The van der Waals surface area contributed by atoms with Crippen molar-refractivity contribution in [3.8, 4) is 16.8 Å². The second kappa shape index (κ2) is 36.0. The molecule has 4 fully saturated rings. The van der Waals surface area contributed by atoms with Crippen molar-refractivity contribution in [3.05, 3.63) is 187 Å². The lowest BCUT2D eigenvalue weighted by Crippen LogP contribution is -2.42. The lowest BCUT2D eigenvalue weighted by atomic mass is 10.0. The molecule has 2 atom stereocenters. The van der Waals surface area contributed by atoms with Crippen molar-refractivity contribution in [1.29, 1.82) is 0 Å². The molecule has 6 aromatic carbocycles. The van der Waals surface area contributed by atoms with Gasteiger partial charge in [-0.25, -0.2) is 51.5 Å². The summed E-state index contributed by atoms with van der Waals surface area (Å²) in [5.74, 6) is -0.133. The van der Waals surface area contributed by atoms with Crippen LogP contribution in [-0.4, -0.2) is 207 Å². The number of anilines is 13. The zero-order valence-corrected chi connectivity index (χ0v) is 76.3. The van der Waals surface area contributed by atoms with Gasteiger partial charge in [-0.3, -0.25) is 33.8 Å². The summed E-state index contributed by atoms with van der Waals surface area (Å²) < 4.78 is 67.6. The Balaban J connectivity index is 0.744. The summed E-state index contributed by atoms with van der Waals surface area (Å²) in [6, 6.07) is 32.2. The van der Waals surface area contributed by atoms with Gasteiger partial charge in [0.25, 0.3) is 17.7 Å². The number of nitrogens with zero attached hydrogens (tertiary/aromatic N) is 16. The normalized spacial score (nSPS) is 18.2. The summed E-state index contributed by atoms with van der Waals surface area (Å²) in [7, 11) is 1.89. The molecule has 3 amide bonds. The Hall–Kier alpha value is -8.62. The van der Waals surface area contributed by atoms with Gasteiger partial charge in [-0.1, -0.05) is 123 Å². The van der Waals surface area contributed by atoms with E-state index >= 15 is 8.42 Å². The van der Waals surface area contributed by atoms with Crippen LogP contribution in [0.3, 0.4) is 0 Å². The molecule has 0 radical (unpaired) electrons. The minimum Gasteiger partial charge on any atom is -0.370 e. The maximum absolute atomic E-state index is 16.3. The number of carbonyl (C=O) groups excluding carboxylic acids is 3. The monoisotopic (exact) mass is 1870 g/mol. The molecule has 3 saturated heterocycles. The molecule has 17 rings (SSSR count). The van der Waals surface area contributed by atoms with Crippen LogP contribution in [0.25, 0.3) is 16.8 Å². The summed E-state index contributed by atoms with van der Waals surface area (Å²) >= 11 is 43.9. The molecule has 5 N–H and O–H groups in total. The Morgan fingerprint density at radius 3 is 1.46 bits per heavy atom. The van der Waals surface area contributed by atoms with Gasteiger partial charge in [0.15, 0.2) is 0 Å². The van der Waals surface area contributed by atoms with E-state index in [1.165, 1.54) is 68.6 Å². The van der Waals surface area contributed by atoms with Crippen LogP contribution < -0.4 is 59.7 Å². The number of halogens is 6. The second-order valence-electron chi connectivity index (χ2n) is 31.7. The largest absolute Gasteiger partial charge is 0.370 e. The fourth-order valence-electron chi connectivity index (χ4n) is 17.2. The molecule has 4 aromatic heterocycles. The Morgan fingerprint density at radius 2 is 0.951 bits per heavy atom. The van der Waals surface area contributed by atoms with Gasteiger partial charge in [0.2, 0.25) is 37.9 Å². The van der Waals surface area contributed by atoms with E-state index in [-0.39, 0.29) is 69.9 Å². The van der Waals surface area contributed by atoms with Crippen LogP contribution in [-0.2, 0) is 20.0 Å². The van der Waals surface area contributed by atoms with Crippen LogP contribution in [0.1, 0.15) is 88.9 Å². The minimum absolute atomic E-state index is 0.0173. The molecule has 0 bridgehead atoms. The Kier molecular flexibility index (Phi) is 25.3. The van der Waals surface area contributed by atoms with E-state index in [4.69, 9.17) is 94.5 Å². The Morgan fingerprint density at radius 1 is 0.472 bits per heavy atom. The van der Waals surface area contributed by atoms with E-state index in [0.717, 1.165) is 56.4 Å². The molecular formula is C84H87Cl6N21O7S5. The van der Waals surface area contributed by atoms with Crippen LogP contribution in [0.5, 0.6) is 0 Å². The number of para-hydroxylation sites is 3. The molecule has 1 aliphatic carbocycles. The number of sulfonamides is 2. The van der Waals surface area contributed by atoms with Crippen LogP contribution >= 0.6 is 105 Å². The highest BCUT2D eigenvalue weighted by molar-refractivity contribution is 8.00. The minimum atomic E-state index is -4.55. The number of nitrogens with one attached hydrogen (secondary N) is 5. The molecule has 0 spiro atoms. The predicted molar refractivity (Wildman–Crippen MR) is 497 cm³/mol. The van der Waals surface area contributed by atoms with Gasteiger partial charge < -0.3 is 49.9 Å². The van der Waals surface area contributed by atoms with E-state index in [2.05, 4.69) is 93.7 Å². The SMILES string of the molecule is CNC1CCN(c2cc(-c3ccn(-c4cc(Nc5ncc6c(n5)SCN(c5c(Cl)cccc5Cl)C6=O)ccc4N4CCC(N(C)C)CC4)c3)c(Nc3ncc4c(n3)SCN(c3c(Cl)cccc3Cl)C4=O)cc2S(=O)(=O)NC2CCC(N(c3ccc(N4CCC(N(C)C)CC4)c(NS(C)(=O)=O)c3)c3ncc4c(n3)SCN(c3c(Cl)cccc3Cl)C4=O)C2)CC1. The van der Waals surface area contributed by atoms with Gasteiger partial charge in [-0.2, -0.15) is 0 Å². The number of rotatable bonds is 23. The fraction of sp³-hybridized carbons (Fsp3) is 0.345. The summed E-state index contributed by atoms with van der Waals surface area (Å²) in [5.41, 5.74) is 7.95. The molecule has 1 saturated carbocycles. The maximum Gasteiger partial charge on any atom is 0.263 e. The Labute approximate surface area is 756 Å². The maximum atomic E-state index is 16.3. The third kappa shape index (κ3) is 18.0. The summed E-state index contributed by atoms with van der Waals surface area (Å²) in [6.07, 6.45) is 15.5. The first-order valence-electron chi connectivity index (χ1n) is 40.1. The molecule has 642 valence electrons. The van der Waals surface area contributed by atoms with Crippen molar-refractivity contribution >= 4 is 217 Å². The lowest BCUT2D eigenvalue weighted by Gasteiger charge is -2.38. The summed E-state index contributed by atoms with van der Waals surface area (Å²) in [4.78, 5) is 90.1. The first-order chi connectivity index (χ1) is 59.1. The van der Waals surface area contributed by atoms with Crippen molar-refractivity contribution in [3.63, 3.8) is 0 Å². The molecule has 7 aliphatic rings. The quantitative estimate of drug-likeness (QED) is 0.0372. The molecule has 28 nitrogen and oxygen atoms in total. The number of benzene rings is 6. The second-order valence-corrected chi connectivity index (χ2v) is 40.4. The molecule has 2 unspecified atom stereocenters. The molecule has 10 heterocycles. The van der Waals surface area contributed by atoms with E-state index in [1.807, 2.05) is 60.7 Å². The fourth-order valence-corrected chi connectivity index (χ4v) is 23.9. The molecular weight excluding hydrogens is 1790 g/mol. The van der Waals surface area contributed by atoms with Crippen molar-refractivity contribution in [2.45, 2.75) is 108 Å². The highest BCUT2D eigenvalue weighted by atomic mass is 35.5. The number of aromatic nitrogens is 7. The van der Waals surface area contributed by atoms with Gasteiger partial charge in [0, 0.05) is 123 Å². The van der Waals surface area contributed by atoms with Crippen LogP contribution in [0.4, 0.5) is 74.7 Å². The number of thioether (sulfide) groups is 3. The highest BCUT2D eigenvalue weighted by Crippen LogP contribution is 2.48. The zero-order valence-electron chi connectivity index (χ0n) is 67.7. The number of piperidine rings is 3. The molecule has 10 aromatic rings. The standard InChI is InChI=1S/C84H87Cl6N21O7S5/c1-91-49-23-30-106(31-24-49)71-39-56(48-22-29-107(44-48)70-37-50(17-20-69(70)105-34-27-53(28-35-105)103(4)5)95-82-92-41-57-76(97-82)119-45-108(79(57)112)73-60(85)10-7-11-61(73)86)66(96-83-93-42-58-77(98-83)120-46-109(80(58)113)74-62(87)12-8-13-63(74)88)40-72(71)123(117,118)100-51-16-18-54(36-51)111(55-19-21-68(67(38-55)101-122(6,115)116)104-32-25-52(26-33-104)102(2)3)84-94-43-59-78(99-84)121-47-110(81(59)114)75-64(89)14-9-15-65(75)90/h7-15,17,19-22,29,37-44,49,51-54,91,100-101H,16,18,23-28,30-36,45-47H2,1-6H3,(H,92,95,97)(H,93,96,98). The summed E-state index contributed by atoms with van der Waals surface area (Å²) in [5, 5.41) is 13.5. The van der Waals surface area contributed by atoms with E-state index in [1.54, 1.807) is 66.7 Å². The van der Waals surface area contributed by atoms with E-state index in [9.17, 15) is 22.8 Å². The molecule has 6 aliphatic heterocycles.